The summed E-state index contributed by atoms with van der Waals surface area (Å²) in [6.45, 7) is 7.64. The van der Waals surface area contributed by atoms with E-state index in [4.69, 9.17) is 0 Å². The summed E-state index contributed by atoms with van der Waals surface area (Å²) in [4.78, 5) is 15.0. The zero-order valence-electron chi connectivity index (χ0n) is 13.3. The molecule has 2 aliphatic rings. The molecule has 1 aromatic rings. The van der Waals surface area contributed by atoms with Crippen molar-refractivity contribution in [2.45, 2.75) is 52.2 Å². The van der Waals surface area contributed by atoms with E-state index >= 15 is 0 Å². The molecule has 0 bridgehead atoms. The molecule has 0 radical (unpaired) electrons. The molecule has 2 atom stereocenters. The van der Waals surface area contributed by atoms with Gasteiger partial charge in [0.15, 0.2) is 0 Å². The Balaban J connectivity index is 1.80. The van der Waals surface area contributed by atoms with Crippen molar-refractivity contribution >= 4 is 5.91 Å². The minimum Gasteiger partial charge on any atom is -0.325 e. The van der Waals surface area contributed by atoms with Crippen LogP contribution in [0.15, 0.2) is 30.3 Å². The molecule has 1 amide bonds. The quantitative estimate of drug-likeness (QED) is 0.900. The predicted octanol–water partition coefficient (Wildman–Crippen LogP) is 3.33. The van der Waals surface area contributed by atoms with Crippen molar-refractivity contribution in [3.8, 4) is 0 Å². The van der Waals surface area contributed by atoms with Gasteiger partial charge in [0.25, 0.3) is 0 Å². The van der Waals surface area contributed by atoms with Crippen LogP contribution in [0.2, 0.25) is 0 Å². The van der Waals surface area contributed by atoms with Gasteiger partial charge in [0.2, 0.25) is 5.91 Å². The number of hydrogen-bond acceptors (Lipinski definition) is 2. The van der Waals surface area contributed by atoms with Gasteiger partial charge < -0.3 is 4.90 Å². The van der Waals surface area contributed by atoms with Gasteiger partial charge in [-0.2, -0.15) is 0 Å². The lowest BCUT2D eigenvalue weighted by Crippen LogP contribution is -2.41. The SMILES string of the molecule is CC(C)CC1NC(c2ccccc2)C(=O)N1CC1(C)CC1. The smallest absolute Gasteiger partial charge is 0.245 e. The molecule has 2 unspecified atom stereocenters. The van der Waals surface area contributed by atoms with E-state index in [-0.39, 0.29) is 18.1 Å². The Labute approximate surface area is 127 Å². The highest BCUT2D eigenvalue weighted by Crippen LogP contribution is 2.46. The molecule has 21 heavy (non-hydrogen) atoms. The summed E-state index contributed by atoms with van der Waals surface area (Å²) in [5.74, 6) is 0.833. The first-order valence-corrected chi connectivity index (χ1v) is 8.10. The minimum absolute atomic E-state index is 0.169. The maximum atomic E-state index is 12.9. The Morgan fingerprint density at radius 3 is 2.52 bits per heavy atom. The summed E-state index contributed by atoms with van der Waals surface area (Å²) in [5, 5.41) is 3.57. The van der Waals surface area contributed by atoms with E-state index < -0.39 is 0 Å². The average Bonchev–Trinajstić information content (AvgIpc) is 3.11. The van der Waals surface area contributed by atoms with Gasteiger partial charge in [-0.15, -0.1) is 0 Å². The second-order valence-corrected chi connectivity index (χ2v) is 7.43. The first-order valence-electron chi connectivity index (χ1n) is 8.10. The minimum atomic E-state index is -0.169. The Hall–Kier alpha value is -1.35. The van der Waals surface area contributed by atoms with Crippen molar-refractivity contribution in [3.05, 3.63) is 35.9 Å². The van der Waals surface area contributed by atoms with Gasteiger partial charge in [0.1, 0.15) is 6.04 Å². The number of benzene rings is 1. The fourth-order valence-electron chi connectivity index (χ4n) is 3.17. The van der Waals surface area contributed by atoms with Crippen LogP contribution in [0.4, 0.5) is 0 Å². The molecule has 0 spiro atoms. The van der Waals surface area contributed by atoms with E-state index in [1.165, 1.54) is 12.8 Å². The molecule has 1 N–H and O–H groups in total. The van der Waals surface area contributed by atoms with E-state index in [1.807, 2.05) is 30.3 Å². The topological polar surface area (TPSA) is 32.3 Å². The highest BCUT2D eigenvalue weighted by Gasteiger charge is 2.46. The van der Waals surface area contributed by atoms with Gasteiger partial charge in [-0.1, -0.05) is 51.1 Å². The van der Waals surface area contributed by atoms with Crippen LogP contribution in [0.1, 0.15) is 51.6 Å². The van der Waals surface area contributed by atoms with Crippen LogP contribution >= 0.6 is 0 Å². The van der Waals surface area contributed by atoms with Gasteiger partial charge in [0, 0.05) is 6.54 Å². The number of hydrogen-bond donors (Lipinski definition) is 1. The highest BCUT2D eigenvalue weighted by molar-refractivity contribution is 5.85. The molecular formula is C18H26N2O. The number of carbonyl (C=O) groups is 1. The van der Waals surface area contributed by atoms with Crippen molar-refractivity contribution in [2.24, 2.45) is 11.3 Å². The molecule has 0 aromatic heterocycles. The average molecular weight is 286 g/mol. The van der Waals surface area contributed by atoms with E-state index in [9.17, 15) is 4.79 Å². The lowest BCUT2D eigenvalue weighted by Gasteiger charge is -2.28. The molecule has 1 saturated heterocycles. The maximum absolute atomic E-state index is 12.9. The van der Waals surface area contributed by atoms with Crippen molar-refractivity contribution in [1.82, 2.24) is 10.2 Å². The third-order valence-corrected chi connectivity index (χ3v) is 4.75. The van der Waals surface area contributed by atoms with Gasteiger partial charge in [-0.05, 0) is 36.2 Å². The molecule has 1 aliphatic heterocycles. The van der Waals surface area contributed by atoms with Crippen LogP contribution in [0, 0.1) is 11.3 Å². The molecule has 3 heteroatoms. The number of nitrogens with one attached hydrogen (secondary N) is 1. The van der Waals surface area contributed by atoms with Crippen LogP contribution < -0.4 is 5.32 Å². The second kappa shape index (κ2) is 5.45. The Morgan fingerprint density at radius 2 is 1.95 bits per heavy atom. The Morgan fingerprint density at radius 1 is 1.29 bits per heavy atom. The number of amides is 1. The molecule has 3 nitrogen and oxygen atoms in total. The first-order chi connectivity index (χ1) is 9.98. The van der Waals surface area contributed by atoms with E-state index in [0.29, 0.717) is 11.3 Å². The molecule has 1 heterocycles. The van der Waals surface area contributed by atoms with Gasteiger partial charge >= 0.3 is 0 Å². The van der Waals surface area contributed by atoms with Crippen LogP contribution in [0.25, 0.3) is 0 Å². The molecule has 3 rings (SSSR count). The van der Waals surface area contributed by atoms with Crippen LogP contribution in [-0.2, 0) is 4.79 Å². The van der Waals surface area contributed by atoms with Gasteiger partial charge in [0.05, 0.1) is 6.17 Å². The summed E-state index contributed by atoms with van der Waals surface area (Å²) in [6.07, 6.45) is 3.70. The second-order valence-electron chi connectivity index (χ2n) is 7.43. The van der Waals surface area contributed by atoms with Crippen molar-refractivity contribution in [2.75, 3.05) is 6.54 Å². The molecule has 1 saturated carbocycles. The third-order valence-electron chi connectivity index (χ3n) is 4.75. The standard InChI is InChI=1S/C18H26N2O/c1-13(2)11-15-19-16(14-7-5-4-6-8-14)17(21)20(15)12-18(3)9-10-18/h4-8,13,15-16,19H,9-12H2,1-3H3. The number of carbonyl (C=O) groups excluding carboxylic acids is 1. The van der Waals surface area contributed by atoms with Crippen LogP contribution in [0.3, 0.4) is 0 Å². The highest BCUT2D eigenvalue weighted by atomic mass is 16.2. The lowest BCUT2D eigenvalue weighted by atomic mass is 10.1. The molecule has 2 fully saturated rings. The van der Waals surface area contributed by atoms with Gasteiger partial charge in [-0.3, -0.25) is 10.1 Å². The summed E-state index contributed by atoms with van der Waals surface area (Å²) < 4.78 is 0. The Bertz CT molecular complexity index is 507. The van der Waals surface area contributed by atoms with E-state index in [1.54, 1.807) is 0 Å². The predicted molar refractivity (Wildman–Crippen MR) is 84.6 cm³/mol. The summed E-state index contributed by atoms with van der Waals surface area (Å²) >= 11 is 0. The van der Waals surface area contributed by atoms with Crippen molar-refractivity contribution in [3.63, 3.8) is 0 Å². The normalized spacial score (nSPS) is 27.4. The maximum Gasteiger partial charge on any atom is 0.245 e. The summed E-state index contributed by atoms with van der Waals surface area (Å²) in [7, 11) is 0. The fraction of sp³-hybridized carbons (Fsp3) is 0.611. The fourth-order valence-corrected chi connectivity index (χ4v) is 3.17. The van der Waals surface area contributed by atoms with Crippen molar-refractivity contribution < 1.29 is 4.79 Å². The molecule has 1 aromatic carbocycles. The number of rotatable bonds is 5. The third kappa shape index (κ3) is 3.13. The van der Waals surface area contributed by atoms with Gasteiger partial charge in [-0.25, -0.2) is 0 Å². The first kappa shape index (κ1) is 14.6. The lowest BCUT2D eigenvalue weighted by molar-refractivity contribution is -0.131. The van der Waals surface area contributed by atoms with Crippen molar-refractivity contribution in [1.29, 1.82) is 0 Å². The zero-order chi connectivity index (χ0) is 15.0. The zero-order valence-corrected chi connectivity index (χ0v) is 13.3. The van der Waals surface area contributed by atoms with E-state index in [0.717, 1.165) is 18.5 Å². The van der Waals surface area contributed by atoms with E-state index in [2.05, 4.69) is 31.0 Å². The monoisotopic (exact) mass is 286 g/mol. The molecule has 114 valence electrons. The Kier molecular flexibility index (Phi) is 3.78. The molecule has 1 aliphatic carbocycles. The number of nitrogens with zero attached hydrogens (tertiary/aromatic N) is 1. The molecular weight excluding hydrogens is 260 g/mol. The van der Waals surface area contributed by atoms with Crippen LogP contribution in [0.5, 0.6) is 0 Å². The summed E-state index contributed by atoms with van der Waals surface area (Å²) in [6, 6.07) is 9.93. The largest absolute Gasteiger partial charge is 0.325 e. The van der Waals surface area contributed by atoms with Crippen LogP contribution in [-0.4, -0.2) is 23.5 Å². The summed E-state index contributed by atoms with van der Waals surface area (Å²) in [5.41, 5.74) is 1.44.